The van der Waals surface area contributed by atoms with E-state index in [0.29, 0.717) is 0 Å². The van der Waals surface area contributed by atoms with Gasteiger partial charge in [-0.15, -0.1) is 0 Å². The lowest BCUT2D eigenvalue weighted by Gasteiger charge is -2.15. The van der Waals surface area contributed by atoms with Crippen LogP contribution in [0, 0.1) is 0 Å². The predicted molar refractivity (Wildman–Crippen MR) is 200 cm³/mol. The van der Waals surface area contributed by atoms with Crippen molar-refractivity contribution in [3.8, 4) is 22.3 Å². The van der Waals surface area contributed by atoms with Gasteiger partial charge in [0, 0.05) is 0 Å². The first-order chi connectivity index (χ1) is 22.8. The Kier molecular flexibility index (Phi) is 4.66. The smallest absolute Gasteiger partial charge is 0.00206 e. The first-order valence-electron chi connectivity index (χ1n) is 16.1. The van der Waals surface area contributed by atoms with E-state index in [1.807, 2.05) is 0 Å². The highest BCUT2D eigenvalue weighted by Gasteiger charge is 2.14. The Balaban J connectivity index is 1.07. The van der Waals surface area contributed by atoms with Gasteiger partial charge in [-0.05, 0) is 133 Å². The minimum Gasteiger partial charge on any atom is -0.0610 e. The van der Waals surface area contributed by atoms with Gasteiger partial charge in [0.15, 0.2) is 0 Å². The van der Waals surface area contributed by atoms with Crippen LogP contribution in [0.25, 0.3) is 108 Å². The van der Waals surface area contributed by atoms with Crippen LogP contribution in [0.1, 0.15) is 0 Å². The zero-order chi connectivity index (χ0) is 29.9. The molecular weight excluding hydrogens is 553 g/mol. The average Bonchev–Trinajstić information content (AvgIpc) is 3.11. The Labute approximate surface area is 265 Å². The minimum absolute atomic E-state index is 1.26. The molecule has 11 aromatic rings. The maximum Gasteiger partial charge on any atom is -0.00206 e. The molecule has 0 unspecified atom stereocenters. The molecule has 0 aromatic heterocycles. The fourth-order valence-electron chi connectivity index (χ4n) is 8.31. The number of hydrogen-bond acceptors (Lipinski definition) is 0. The maximum atomic E-state index is 2.37. The van der Waals surface area contributed by atoms with Crippen molar-refractivity contribution in [3.05, 3.63) is 158 Å². The third-order valence-corrected chi connectivity index (χ3v) is 10.5. The maximum absolute atomic E-state index is 2.37. The van der Waals surface area contributed by atoms with Crippen LogP contribution in [0.15, 0.2) is 158 Å². The van der Waals surface area contributed by atoms with Gasteiger partial charge in [0.2, 0.25) is 0 Å². The summed E-state index contributed by atoms with van der Waals surface area (Å²) in [5.74, 6) is 0. The molecule has 210 valence electrons. The van der Waals surface area contributed by atoms with Crippen molar-refractivity contribution in [2.75, 3.05) is 0 Å². The lowest BCUT2D eigenvalue weighted by Crippen LogP contribution is -1.88. The molecule has 0 aliphatic heterocycles. The van der Waals surface area contributed by atoms with Crippen LogP contribution in [0.3, 0.4) is 0 Å². The standard InChI is InChI=1S/C46H26/c1-3-27-7-9-31-15-19-39(41-21-17-29(5-1)43(27)45(31)41)35-13-11-33-24-38-26-36(14-12-34(38)23-37(33)25-35)40-20-16-32-10-8-28-4-2-6-30-18-22-42(40)46(32)44(28)30/h1-26H. The number of rotatable bonds is 2. The predicted octanol–water partition coefficient (Wildman–Crippen LogP) is 13.1. The Morgan fingerprint density at radius 3 is 1.00 bits per heavy atom. The highest BCUT2D eigenvalue weighted by Crippen LogP contribution is 2.42. The molecule has 0 bridgehead atoms. The zero-order valence-corrected chi connectivity index (χ0v) is 25.0. The van der Waals surface area contributed by atoms with Crippen molar-refractivity contribution < 1.29 is 0 Å². The first-order valence-corrected chi connectivity index (χ1v) is 16.1. The van der Waals surface area contributed by atoms with Gasteiger partial charge in [0.05, 0.1) is 0 Å². The van der Waals surface area contributed by atoms with Gasteiger partial charge in [-0.3, -0.25) is 0 Å². The SMILES string of the molecule is c1cc2ccc3ccc(-c4ccc5cc6cc(-c7ccc8ccc9cccc%10ccc7c8c9%10)ccc6cc5c4)c4ccc(c1)c2c34. The van der Waals surface area contributed by atoms with Gasteiger partial charge in [0.25, 0.3) is 0 Å². The molecule has 0 fully saturated rings. The molecule has 11 rings (SSSR count). The molecule has 11 aromatic carbocycles. The Morgan fingerprint density at radius 1 is 0.217 bits per heavy atom. The molecule has 0 heteroatoms. The van der Waals surface area contributed by atoms with Gasteiger partial charge < -0.3 is 0 Å². The quantitative estimate of drug-likeness (QED) is 0.141. The van der Waals surface area contributed by atoms with E-state index in [1.165, 1.54) is 108 Å². The summed E-state index contributed by atoms with van der Waals surface area (Å²) >= 11 is 0. The second-order valence-corrected chi connectivity index (χ2v) is 12.9. The van der Waals surface area contributed by atoms with Crippen LogP contribution in [0.2, 0.25) is 0 Å². The Hall–Kier alpha value is -5.98. The molecule has 0 atom stereocenters. The summed E-state index contributed by atoms with van der Waals surface area (Å²) in [7, 11) is 0. The normalized spacial score (nSPS) is 12.3. The van der Waals surface area contributed by atoms with E-state index in [9.17, 15) is 0 Å². The van der Waals surface area contributed by atoms with E-state index in [4.69, 9.17) is 0 Å². The second-order valence-electron chi connectivity index (χ2n) is 12.9. The summed E-state index contributed by atoms with van der Waals surface area (Å²) in [6.07, 6.45) is 0. The van der Waals surface area contributed by atoms with Crippen LogP contribution in [0.4, 0.5) is 0 Å². The average molecular weight is 579 g/mol. The molecule has 0 spiro atoms. The van der Waals surface area contributed by atoms with Gasteiger partial charge in [-0.1, -0.05) is 133 Å². The van der Waals surface area contributed by atoms with Crippen molar-refractivity contribution in [1.29, 1.82) is 0 Å². The molecule has 0 nitrogen and oxygen atoms in total. The van der Waals surface area contributed by atoms with E-state index in [-0.39, 0.29) is 0 Å². The summed E-state index contributed by atoms with van der Waals surface area (Å²) < 4.78 is 0. The molecule has 0 aliphatic rings. The lowest BCUT2D eigenvalue weighted by molar-refractivity contribution is 1.69. The number of benzene rings is 11. The molecule has 0 N–H and O–H groups in total. The van der Waals surface area contributed by atoms with E-state index < -0.39 is 0 Å². The third kappa shape index (κ3) is 3.28. The van der Waals surface area contributed by atoms with Crippen molar-refractivity contribution in [2.45, 2.75) is 0 Å². The van der Waals surface area contributed by atoms with Crippen molar-refractivity contribution in [2.24, 2.45) is 0 Å². The molecule has 0 radical (unpaired) electrons. The van der Waals surface area contributed by atoms with Crippen molar-refractivity contribution >= 4 is 86.2 Å². The molecule has 0 amide bonds. The Bertz CT molecular complexity index is 2780. The van der Waals surface area contributed by atoms with Crippen LogP contribution in [-0.4, -0.2) is 0 Å². The van der Waals surface area contributed by atoms with Crippen LogP contribution >= 0.6 is 0 Å². The summed E-state index contributed by atoms with van der Waals surface area (Å²) in [6, 6.07) is 59.2. The van der Waals surface area contributed by atoms with Gasteiger partial charge in [-0.2, -0.15) is 0 Å². The first kappa shape index (κ1) is 24.4. The number of hydrogen-bond donors (Lipinski definition) is 0. The van der Waals surface area contributed by atoms with Gasteiger partial charge in [-0.25, -0.2) is 0 Å². The van der Waals surface area contributed by atoms with Crippen LogP contribution in [-0.2, 0) is 0 Å². The summed E-state index contributed by atoms with van der Waals surface area (Å²) in [4.78, 5) is 0. The minimum atomic E-state index is 1.26. The van der Waals surface area contributed by atoms with Gasteiger partial charge in [0.1, 0.15) is 0 Å². The van der Waals surface area contributed by atoms with Crippen molar-refractivity contribution in [3.63, 3.8) is 0 Å². The van der Waals surface area contributed by atoms with E-state index >= 15 is 0 Å². The van der Waals surface area contributed by atoms with E-state index in [0.717, 1.165) is 0 Å². The molecular formula is C46H26. The Morgan fingerprint density at radius 2 is 0.565 bits per heavy atom. The molecule has 0 saturated carbocycles. The zero-order valence-electron chi connectivity index (χ0n) is 25.0. The molecule has 46 heavy (non-hydrogen) atoms. The van der Waals surface area contributed by atoms with E-state index in [1.54, 1.807) is 0 Å². The van der Waals surface area contributed by atoms with Crippen LogP contribution < -0.4 is 0 Å². The highest BCUT2D eigenvalue weighted by molar-refractivity contribution is 6.27. The van der Waals surface area contributed by atoms with Crippen LogP contribution in [0.5, 0.6) is 0 Å². The number of fused-ring (bicyclic) bond motifs is 2. The summed E-state index contributed by atoms with van der Waals surface area (Å²) in [6.45, 7) is 0. The highest BCUT2D eigenvalue weighted by atomic mass is 14.2. The fraction of sp³-hybridized carbons (Fsp3) is 0. The van der Waals surface area contributed by atoms with Crippen molar-refractivity contribution in [1.82, 2.24) is 0 Å². The summed E-state index contributed by atoms with van der Waals surface area (Å²) in [5, 5.41) is 21.0. The topological polar surface area (TPSA) is 0 Å². The molecule has 0 heterocycles. The molecule has 0 saturated heterocycles. The van der Waals surface area contributed by atoms with Gasteiger partial charge >= 0.3 is 0 Å². The largest absolute Gasteiger partial charge is 0.0610 e. The van der Waals surface area contributed by atoms with E-state index in [2.05, 4.69) is 158 Å². The summed E-state index contributed by atoms with van der Waals surface area (Å²) in [5.41, 5.74) is 5.10. The lowest BCUT2D eigenvalue weighted by atomic mass is 9.88. The fourth-order valence-corrected chi connectivity index (χ4v) is 8.31. The second kappa shape index (κ2) is 8.81. The third-order valence-electron chi connectivity index (χ3n) is 10.5. The molecule has 0 aliphatic carbocycles. The monoisotopic (exact) mass is 578 g/mol.